The van der Waals surface area contributed by atoms with E-state index in [9.17, 15) is 9.90 Å². The van der Waals surface area contributed by atoms with Crippen molar-refractivity contribution in [1.82, 2.24) is 0 Å². The number of carbonyl (C=O) groups excluding carboxylic acids is 1. The number of benzene rings is 1. The molecule has 0 spiro atoms. The van der Waals surface area contributed by atoms with Gasteiger partial charge in [-0.3, -0.25) is 0 Å². The molecule has 0 radical (unpaired) electrons. The average molecular weight is 187 g/mol. The number of carbonyl (C=O) groups is 1. The second-order valence-corrected chi connectivity index (χ2v) is 2.73. The van der Waals surface area contributed by atoms with Gasteiger partial charge in [0, 0.05) is 5.56 Å². The van der Waals surface area contributed by atoms with Crippen LogP contribution in [0.5, 0.6) is 0 Å². The summed E-state index contributed by atoms with van der Waals surface area (Å²) >= 11 is 0. The van der Waals surface area contributed by atoms with Crippen molar-refractivity contribution >= 4 is 11.5 Å². The first kappa shape index (κ1) is 10.0. The van der Waals surface area contributed by atoms with Crippen molar-refractivity contribution in [3.63, 3.8) is 0 Å². The van der Waals surface area contributed by atoms with Crippen LogP contribution in [-0.2, 0) is 4.79 Å². The smallest absolute Gasteiger partial charge is 0.270 e. The first-order valence-corrected chi connectivity index (χ1v) is 4.04. The Balaban J connectivity index is 3.23. The summed E-state index contributed by atoms with van der Waals surface area (Å²) in [5, 5.41) is 9.60. The predicted octanol–water partition coefficient (Wildman–Crippen LogP) is 2.42. The Bertz CT molecular complexity index is 413. The van der Waals surface area contributed by atoms with Crippen molar-refractivity contribution in [2.24, 2.45) is 0 Å². The first-order chi connectivity index (χ1) is 6.66. The van der Waals surface area contributed by atoms with Crippen LogP contribution in [0.2, 0.25) is 0 Å². The van der Waals surface area contributed by atoms with E-state index in [1.165, 1.54) is 6.92 Å². The van der Waals surface area contributed by atoms with E-state index in [1.54, 1.807) is 30.3 Å². The van der Waals surface area contributed by atoms with Crippen LogP contribution in [0.1, 0.15) is 12.5 Å². The number of rotatable bonds is 2. The lowest BCUT2D eigenvalue weighted by molar-refractivity contribution is -0.113. The van der Waals surface area contributed by atoms with Crippen LogP contribution < -0.4 is 0 Å². The maximum atomic E-state index is 11.0. The van der Waals surface area contributed by atoms with Gasteiger partial charge in [0.1, 0.15) is 5.76 Å². The molecule has 1 N–H and O–H groups in total. The zero-order valence-electron chi connectivity index (χ0n) is 7.69. The van der Waals surface area contributed by atoms with E-state index in [0.717, 1.165) is 0 Å². The van der Waals surface area contributed by atoms with Gasteiger partial charge in [0.05, 0.1) is 6.57 Å². The van der Waals surface area contributed by atoms with E-state index >= 15 is 0 Å². The Kier molecular flexibility index (Phi) is 3.03. The molecule has 0 aliphatic carbocycles. The summed E-state index contributed by atoms with van der Waals surface area (Å²) in [4.78, 5) is 14.0. The number of Topliss-reactive ketones (excluding diaryl/α,β-unsaturated/α-hetero) is 1. The largest absolute Gasteiger partial charge is 0.518 e. The van der Waals surface area contributed by atoms with E-state index in [2.05, 4.69) is 4.85 Å². The van der Waals surface area contributed by atoms with Gasteiger partial charge in [-0.2, -0.15) is 0 Å². The van der Waals surface area contributed by atoms with Crippen LogP contribution in [0.3, 0.4) is 0 Å². The Morgan fingerprint density at radius 3 is 2.36 bits per heavy atom. The second-order valence-electron chi connectivity index (χ2n) is 2.73. The Labute approximate surface area is 82.1 Å². The number of hydrogen-bond donors (Lipinski definition) is 1. The highest BCUT2D eigenvalue weighted by atomic mass is 16.3. The Morgan fingerprint density at radius 1 is 1.36 bits per heavy atom. The number of aliphatic hydroxyl groups excluding tert-OH is 1. The van der Waals surface area contributed by atoms with Gasteiger partial charge >= 0.3 is 0 Å². The van der Waals surface area contributed by atoms with Crippen LogP contribution in [0, 0.1) is 6.57 Å². The maximum absolute atomic E-state index is 11.0. The standard InChI is InChI=1S/C11H9NO2/c1-8(13)10(12-2)11(14)9-6-4-3-5-7-9/h3-7,14H,1H3/b11-10+. The summed E-state index contributed by atoms with van der Waals surface area (Å²) in [6.45, 7) is 8.01. The van der Waals surface area contributed by atoms with Gasteiger partial charge in [-0.1, -0.05) is 30.3 Å². The molecule has 1 aromatic rings. The molecular formula is C11H9NO2. The van der Waals surface area contributed by atoms with Gasteiger partial charge in [0.25, 0.3) is 5.70 Å². The third-order valence-electron chi connectivity index (χ3n) is 1.72. The van der Waals surface area contributed by atoms with E-state index in [0.29, 0.717) is 5.56 Å². The van der Waals surface area contributed by atoms with Crippen LogP contribution in [-0.4, -0.2) is 10.9 Å². The molecule has 0 atom stereocenters. The molecule has 0 aliphatic rings. The van der Waals surface area contributed by atoms with Gasteiger partial charge in [0.2, 0.25) is 0 Å². The summed E-state index contributed by atoms with van der Waals surface area (Å²) in [7, 11) is 0. The molecule has 0 saturated heterocycles. The van der Waals surface area contributed by atoms with Crippen LogP contribution >= 0.6 is 0 Å². The average Bonchev–Trinajstić information content (AvgIpc) is 2.19. The number of aliphatic hydroxyl groups is 1. The van der Waals surface area contributed by atoms with Gasteiger partial charge < -0.3 is 9.90 Å². The third-order valence-corrected chi connectivity index (χ3v) is 1.72. The minimum atomic E-state index is -0.429. The molecule has 14 heavy (non-hydrogen) atoms. The fourth-order valence-corrected chi connectivity index (χ4v) is 1.03. The quantitative estimate of drug-likeness (QED) is 0.439. The van der Waals surface area contributed by atoms with Crippen molar-refractivity contribution in [2.45, 2.75) is 6.92 Å². The van der Waals surface area contributed by atoms with E-state index in [4.69, 9.17) is 6.57 Å². The van der Waals surface area contributed by atoms with Gasteiger partial charge in [-0.05, 0) is 6.92 Å². The monoisotopic (exact) mass is 187 g/mol. The molecule has 70 valence electrons. The summed E-state index contributed by atoms with van der Waals surface area (Å²) < 4.78 is 0. The molecular weight excluding hydrogens is 178 g/mol. The number of hydrogen-bond acceptors (Lipinski definition) is 2. The van der Waals surface area contributed by atoms with Crippen molar-refractivity contribution < 1.29 is 9.90 Å². The Hall–Kier alpha value is -2.08. The highest BCUT2D eigenvalue weighted by Gasteiger charge is 2.12. The van der Waals surface area contributed by atoms with Crippen LogP contribution in [0.25, 0.3) is 10.6 Å². The highest BCUT2D eigenvalue weighted by molar-refractivity contribution is 6.01. The second kappa shape index (κ2) is 4.24. The molecule has 1 rings (SSSR count). The molecule has 0 unspecified atom stereocenters. The molecule has 3 heteroatoms. The molecule has 0 fully saturated rings. The first-order valence-electron chi connectivity index (χ1n) is 4.04. The van der Waals surface area contributed by atoms with E-state index in [-0.39, 0.29) is 11.5 Å². The van der Waals surface area contributed by atoms with Crippen molar-refractivity contribution in [3.8, 4) is 0 Å². The molecule has 3 nitrogen and oxygen atoms in total. The van der Waals surface area contributed by atoms with E-state index < -0.39 is 5.78 Å². The van der Waals surface area contributed by atoms with Gasteiger partial charge in [-0.25, -0.2) is 4.85 Å². The zero-order valence-corrected chi connectivity index (χ0v) is 7.69. The minimum absolute atomic E-state index is 0.226. The fourth-order valence-electron chi connectivity index (χ4n) is 1.03. The summed E-state index contributed by atoms with van der Waals surface area (Å²) in [5.41, 5.74) is 0.255. The molecule has 0 saturated carbocycles. The predicted molar refractivity (Wildman–Crippen MR) is 53.3 cm³/mol. The lowest BCUT2D eigenvalue weighted by atomic mass is 10.1. The normalized spacial score (nSPS) is 11.4. The summed E-state index contributed by atoms with van der Waals surface area (Å²) in [6, 6.07) is 8.54. The molecule has 0 heterocycles. The lowest BCUT2D eigenvalue weighted by Gasteiger charge is -2.01. The number of allylic oxidation sites excluding steroid dienone is 1. The topological polar surface area (TPSA) is 41.7 Å². The Morgan fingerprint density at radius 2 is 1.93 bits per heavy atom. The molecule has 1 aromatic carbocycles. The third kappa shape index (κ3) is 1.99. The lowest BCUT2D eigenvalue weighted by Crippen LogP contribution is -1.96. The summed E-state index contributed by atoms with van der Waals surface area (Å²) in [5.74, 6) is -0.686. The van der Waals surface area contributed by atoms with Gasteiger partial charge in [-0.15, -0.1) is 0 Å². The van der Waals surface area contributed by atoms with Crippen molar-refractivity contribution in [2.75, 3.05) is 0 Å². The molecule has 0 amide bonds. The van der Waals surface area contributed by atoms with Crippen molar-refractivity contribution in [3.05, 3.63) is 53.0 Å². The minimum Gasteiger partial charge on any atom is -0.518 e. The maximum Gasteiger partial charge on any atom is 0.270 e. The molecule has 0 aliphatic heterocycles. The van der Waals surface area contributed by atoms with Gasteiger partial charge in [0.15, 0.2) is 5.78 Å². The molecule has 0 bridgehead atoms. The zero-order chi connectivity index (χ0) is 10.6. The number of nitrogens with zero attached hydrogens (tertiary/aromatic N) is 1. The van der Waals surface area contributed by atoms with Crippen LogP contribution in [0.15, 0.2) is 36.0 Å². The van der Waals surface area contributed by atoms with Crippen molar-refractivity contribution in [1.29, 1.82) is 0 Å². The summed E-state index contributed by atoms with van der Waals surface area (Å²) in [6.07, 6.45) is 0. The molecule has 0 aromatic heterocycles. The number of ketones is 1. The SMILES string of the molecule is [C-]#[N+]/C(C(C)=O)=C(/O)c1ccccc1. The van der Waals surface area contributed by atoms with Crippen LogP contribution in [0.4, 0.5) is 0 Å². The fraction of sp³-hybridized carbons (Fsp3) is 0.0909. The van der Waals surface area contributed by atoms with E-state index in [1.807, 2.05) is 0 Å². The highest BCUT2D eigenvalue weighted by Crippen LogP contribution is 2.16.